The lowest BCUT2D eigenvalue weighted by molar-refractivity contribution is -0.0148. The van der Waals surface area contributed by atoms with Crippen molar-refractivity contribution in [1.82, 2.24) is 10.3 Å². The molecule has 1 unspecified atom stereocenters. The third-order valence-corrected chi connectivity index (χ3v) is 3.51. The Morgan fingerprint density at radius 3 is 3.11 bits per heavy atom. The van der Waals surface area contributed by atoms with Gasteiger partial charge in [0.15, 0.2) is 0 Å². The maximum atomic E-state index is 12.0. The van der Waals surface area contributed by atoms with E-state index >= 15 is 0 Å². The van der Waals surface area contributed by atoms with Crippen molar-refractivity contribution < 1.29 is 14.3 Å². The summed E-state index contributed by atoms with van der Waals surface area (Å²) in [7, 11) is 1.61. The Morgan fingerprint density at radius 2 is 2.53 bits per heavy atom. The monoisotopic (exact) mass is 285 g/mol. The van der Waals surface area contributed by atoms with E-state index in [1.165, 1.54) is 12.3 Å². The molecule has 1 aromatic rings. The lowest BCUT2D eigenvalue weighted by atomic mass is 10.0. The number of carbonyl (C=O) groups is 1. The minimum absolute atomic E-state index is 0.204. The highest BCUT2D eigenvalue weighted by atomic mass is 35.5. The van der Waals surface area contributed by atoms with Crippen molar-refractivity contribution >= 4 is 23.3 Å². The van der Waals surface area contributed by atoms with Crippen molar-refractivity contribution in [3.05, 3.63) is 22.8 Å². The molecule has 1 saturated heterocycles. The number of hydrogen-bond donors (Lipinski definition) is 2. The molecule has 2 rings (SSSR count). The SMILES string of the molecule is COC1(CNC(=O)c2cnc(N)c(Cl)c2)CCOC1. The fourth-order valence-electron chi connectivity index (χ4n) is 1.88. The summed E-state index contributed by atoms with van der Waals surface area (Å²) in [4.78, 5) is 15.8. The highest BCUT2D eigenvalue weighted by Gasteiger charge is 2.35. The second-order valence-corrected chi connectivity index (χ2v) is 4.87. The third kappa shape index (κ3) is 3.15. The predicted octanol–water partition coefficient (Wildman–Crippen LogP) is 0.853. The Labute approximate surface area is 116 Å². The van der Waals surface area contributed by atoms with Gasteiger partial charge in [-0.1, -0.05) is 11.6 Å². The van der Waals surface area contributed by atoms with Gasteiger partial charge in [-0.15, -0.1) is 0 Å². The first-order valence-corrected chi connectivity index (χ1v) is 6.26. The second kappa shape index (κ2) is 5.73. The highest BCUT2D eigenvalue weighted by molar-refractivity contribution is 6.33. The van der Waals surface area contributed by atoms with E-state index in [1.54, 1.807) is 7.11 Å². The molecule has 0 bridgehead atoms. The van der Waals surface area contributed by atoms with Crippen LogP contribution in [0.4, 0.5) is 5.82 Å². The summed E-state index contributed by atoms with van der Waals surface area (Å²) in [6.45, 7) is 1.49. The summed E-state index contributed by atoms with van der Waals surface area (Å²) in [6, 6.07) is 1.49. The van der Waals surface area contributed by atoms with Crippen LogP contribution in [0.5, 0.6) is 0 Å². The number of amides is 1. The average Bonchev–Trinajstić information content (AvgIpc) is 2.89. The molecule has 1 aliphatic heterocycles. The highest BCUT2D eigenvalue weighted by Crippen LogP contribution is 2.22. The van der Waals surface area contributed by atoms with Crippen LogP contribution < -0.4 is 11.1 Å². The van der Waals surface area contributed by atoms with E-state index < -0.39 is 5.60 Å². The van der Waals surface area contributed by atoms with E-state index in [-0.39, 0.29) is 16.7 Å². The molecule has 0 aliphatic carbocycles. The van der Waals surface area contributed by atoms with Crippen LogP contribution >= 0.6 is 11.6 Å². The van der Waals surface area contributed by atoms with Gasteiger partial charge in [0.2, 0.25) is 0 Å². The largest absolute Gasteiger partial charge is 0.382 e. The number of nitrogen functional groups attached to an aromatic ring is 1. The van der Waals surface area contributed by atoms with Gasteiger partial charge in [-0.05, 0) is 6.07 Å². The van der Waals surface area contributed by atoms with Crippen LogP contribution in [0.1, 0.15) is 16.8 Å². The second-order valence-electron chi connectivity index (χ2n) is 4.46. The van der Waals surface area contributed by atoms with Crippen molar-refractivity contribution in [2.24, 2.45) is 0 Å². The van der Waals surface area contributed by atoms with E-state index in [4.69, 9.17) is 26.8 Å². The van der Waals surface area contributed by atoms with E-state index in [9.17, 15) is 4.79 Å². The molecule has 1 amide bonds. The number of nitrogens with two attached hydrogens (primary N) is 1. The molecule has 1 aromatic heterocycles. The molecular weight excluding hydrogens is 270 g/mol. The first-order valence-electron chi connectivity index (χ1n) is 5.88. The molecule has 0 radical (unpaired) electrons. The zero-order valence-electron chi connectivity index (χ0n) is 10.6. The Balaban J connectivity index is 1.99. The van der Waals surface area contributed by atoms with E-state index in [0.717, 1.165) is 6.42 Å². The first kappa shape index (κ1) is 14.0. The van der Waals surface area contributed by atoms with E-state index in [1.807, 2.05) is 0 Å². The number of halogens is 1. The summed E-state index contributed by atoms with van der Waals surface area (Å²) in [5.41, 5.74) is 5.42. The molecule has 19 heavy (non-hydrogen) atoms. The van der Waals surface area contributed by atoms with Gasteiger partial charge in [0.25, 0.3) is 5.91 Å². The lowest BCUT2D eigenvalue weighted by Crippen LogP contribution is -2.45. The number of hydrogen-bond acceptors (Lipinski definition) is 5. The maximum absolute atomic E-state index is 12.0. The zero-order chi connectivity index (χ0) is 13.9. The van der Waals surface area contributed by atoms with Gasteiger partial charge in [-0.3, -0.25) is 4.79 Å². The summed E-state index contributed by atoms with van der Waals surface area (Å²) in [5, 5.41) is 3.06. The van der Waals surface area contributed by atoms with Crippen LogP contribution in [0.2, 0.25) is 5.02 Å². The van der Waals surface area contributed by atoms with Crippen molar-refractivity contribution in [2.45, 2.75) is 12.0 Å². The average molecular weight is 286 g/mol. The summed E-state index contributed by atoms with van der Waals surface area (Å²) < 4.78 is 10.7. The summed E-state index contributed by atoms with van der Waals surface area (Å²) >= 11 is 5.83. The van der Waals surface area contributed by atoms with Crippen molar-refractivity contribution in [3.8, 4) is 0 Å². The van der Waals surface area contributed by atoms with Crippen molar-refractivity contribution in [3.63, 3.8) is 0 Å². The maximum Gasteiger partial charge on any atom is 0.253 e. The molecule has 1 aliphatic rings. The molecule has 2 heterocycles. The minimum Gasteiger partial charge on any atom is -0.382 e. The lowest BCUT2D eigenvalue weighted by Gasteiger charge is -2.25. The predicted molar refractivity (Wildman–Crippen MR) is 71.2 cm³/mol. The van der Waals surface area contributed by atoms with Crippen molar-refractivity contribution in [1.29, 1.82) is 0 Å². The number of ether oxygens (including phenoxy) is 2. The fourth-order valence-corrected chi connectivity index (χ4v) is 2.04. The number of aromatic nitrogens is 1. The molecule has 0 spiro atoms. The van der Waals surface area contributed by atoms with Crippen LogP contribution in [0.25, 0.3) is 0 Å². The number of anilines is 1. The third-order valence-electron chi connectivity index (χ3n) is 3.20. The number of nitrogens with one attached hydrogen (secondary N) is 1. The van der Waals surface area contributed by atoms with Gasteiger partial charge in [0, 0.05) is 32.9 Å². The number of methoxy groups -OCH3 is 1. The van der Waals surface area contributed by atoms with Gasteiger partial charge >= 0.3 is 0 Å². The van der Waals surface area contributed by atoms with Gasteiger partial charge in [0.1, 0.15) is 11.4 Å². The van der Waals surface area contributed by atoms with Crippen LogP contribution in [0.3, 0.4) is 0 Å². The van der Waals surface area contributed by atoms with Crippen LogP contribution in [0, 0.1) is 0 Å². The quantitative estimate of drug-likeness (QED) is 0.856. The number of nitrogens with zero attached hydrogens (tertiary/aromatic N) is 1. The Bertz CT molecular complexity index is 475. The molecule has 6 nitrogen and oxygen atoms in total. The normalized spacial score (nSPS) is 22.4. The molecular formula is C12H16ClN3O3. The minimum atomic E-state index is -0.444. The Kier molecular flexibility index (Phi) is 4.24. The first-order chi connectivity index (χ1) is 9.06. The molecule has 104 valence electrons. The van der Waals surface area contributed by atoms with Gasteiger partial charge in [0.05, 0.1) is 17.2 Å². The van der Waals surface area contributed by atoms with E-state index in [2.05, 4.69) is 10.3 Å². The number of pyridine rings is 1. The van der Waals surface area contributed by atoms with E-state index in [0.29, 0.717) is 25.3 Å². The van der Waals surface area contributed by atoms with Gasteiger partial charge in [-0.25, -0.2) is 4.98 Å². The molecule has 0 saturated carbocycles. The van der Waals surface area contributed by atoms with Crippen molar-refractivity contribution in [2.75, 3.05) is 32.6 Å². The summed E-state index contributed by atoms with van der Waals surface area (Å²) in [5.74, 6) is -0.0616. The van der Waals surface area contributed by atoms with Crippen LogP contribution in [-0.2, 0) is 9.47 Å². The molecule has 7 heteroatoms. The van der Waals surface area contributed by atoms with Gasteiger partial charge in [-0.2, -0.15) is 0 Å². The Morgan fingerprint density at radius 1 is 1.74 bits per heavy atom. The smallest absolute Gasteiger partial charge is 0.253 e. The standard InChI is InChI=1S/C12H16ClN3O3/c1-18-12(2-3-19-7-12)6-16-11(17)8-4-9(13)10(14)15-5-8/h4-5H,2-3,6-7H2,1H3,(H2,14,15)(H,16,17). The zero-order valence-corrected chi connectivity index (χ0v) is 11.4. The van der Waals surface area contributed by atoms with Crippen LogP contribution in [0.15, 0.2) is 12.3 Å². The Hall–Kier alpha value is -1.37. The number of rotatable bonds is 4. The molecule has 0 aromatic carbocycles. The fraction of sp³-hybridized carbons (Fsp3) is 0.500. The molecule has 1 atom stereocenters. The summed E-state index contributed by atoms with van der Waals surface area (Å²) in [6.07, 6.45) is 2.14. The molecule has 1 fully saturated rings. The van der Waals surface area contributed by atoms with Gasteiger partial charge < -0.3 is 20.5 Å². The van der Waals surface area contributed by atoms with Crippen LogP contribution in [-0.4, -0.2) is 43.4 Å². The number of carbonyl (C=O) groups excluding carboxylic acids is 1. The topological polar surface area (TPSA) is 86.5 Å². The molecule has 3 N–H and O–H groups in total.